The predicted octanol–water partition coefficient (Wildman–Crippen LogP) is 2.27. The molecule has 1 heterocycles. The molecule has 1 fully saturated rings. The number of hydrogen-bond acceptors (Lipinski definition) is 4. The molecule has 0 aromatic heterocycles. The standard InChI is InChI=1S/C17H28N2O2/c1-5-18-8-10-19(11-9-18)14(2)12-15-6-7-16(20-3)17(13-15)21-4/h6-7,13-14H,5,8-12H2,1-4H3/t14-/m0/s1. The van der Waals surface area contributed by atoms with Crippen molar-refractivity contribution in [2.45, 2.75) is 26.3 Å². The van der Waals surface area contributed by atoms with Gasteiger partial charge in [0, 0.05) is 32.2 Å². The Morgan fingerprint density at radius 1 is 1.05 bits per heavy atom. The molecule has 0 radical (unpaired) electrons. The lowest BCUT2D eigenvalue weighted by Gasteiger charge is -2.37. The zero-order valence-corrected chi connectivity index (χ0v) is 13.8. The first-order valence-electron chi connectivity index (χ1n) is 7.85. The van der Waals surface area contributed by atoms with Crippen LogP contribution in [0.15, 0.2) is 18.2 Å². The maximum absolute atomic E-state index is 5.39. The van der Waals surface area contributed by atoms with Gasteiger partial charge in [-0.3, -0.25) is 4.90 Å². The van der Waals surface area contributed by atoms with E-state index in [-0.39, 0.29) is 0 Å². The first-order chi connectivity index (χ1) is 10.2. The van der Waals surface area contributed by atoms with E-state index >= 15 is 0 Å². The highest BCUT2D eigenvalue weighted by Gasteiger charge is 2.20. The summed E-state index contributed by atoms with van der Waals surface area (Å²) in [5.74, 6) is 1.61. The molecule has 2 rings (SSSR count). The van der Waals surface area contributed by atoms with Gasteiger partial charge in [0.1, 0.15) is 0 Å². The van der Waals surface area contributed by atoms with Crippen molar-refractivity contribution < 1.29 is 9.47 Å². The summed E-state index contributed by atoms with van der Waals surface area (Å²) >= 11 is 0. The van der Waals surface area contributed by atoms with E-state index in [1.165, 1.54) is 31.7 Å². The molecule has 0 aliphatic carbocycles. The molecule has 0 saturated carbocycles. The Balaban J connectivity index is 1.95. The lowest BCUT2D eigenvalue weighted by atomic mass is 10.0. The van der Waals surface area contributed by atoms with Crippen LogP contribution in [0.5, 0.6) is 11.5 Å². The second-order valence-corrected chi connectivity index (χ2v) is 5.71. The summed E-state index contributed by atoms with van der Waals surface area (Å²) in [4.78, 5) is 5.10. The summed E-state index contributed by atoms with van der Waals surface area (Å²) in [6.07, 6.45) is 1.05. The number of likely N-dealkylation sites (N-methyl/N-ethyl adjacent to an activating group) is 1. The number of hydrogen-bond donors (Lipinski definition) is 0. The van der Waals surface area contributed by atoms with E-state index in [1.807, 2.05) is 6.07 Å². The molecule has 4 heteroatoms. The van der Waals surface area contributed by atoms with Gasteiger partial charge in [0.05, 0.1) is 14.2 Å². The van der Waals surface area contributed by atoms with Crippen molar-refractivity contribution in [3.63, 3.8) is 0 Å². The van der Waals surface area contributed by atoms with E-state index in [9.17, 15) is 0 Å². The molecule has 0 amide bonds. The Morgan fingerprint density at radius 2 is 1.71 bits per heavy atom. The van der Waals surface area contributed by atoms with E-state index < -0.39 is 0 Å². The highest BCUT2D eigenvalue weighted by atomic mass is 16.5. The van der Waals surface area contributed by atoms with Gasteiger partial charge in [0.2, 0.25) is 0 Å². The lowest BCUT2D eigenvalue weighted by Crippen LogP contribution is -2.49. The molecule has 1 saturated heterocycles. The van der Waals surface area contributed by atoms with Gasteiger partial charge in [0.15, 0.2) is 11.5 Å². The van der Waals surface area contributed by atoms with Crippen molar-refractivity contribution in [3.05, 3.63) is 23.8 Å². The minimum Gasteiger partial charge on any atom is -0.493 e. The smallest absolute Gasteiger partial charge is 0.160 e. The van der Waals surface area contributed by atoms with Crippen molar-refractivity contribution in [1.29, 1.82) is 0 Å². The second-order valence-electron chi connectivity index (χ2n) is 5.71. The normalized spacial score (nSPS) is 18.5. The first-order valence-corrected chi connectivity index (χ1v) is 7.85. The Hall–Kier alpha value is -1.26. The summed E-state index contributed by atoms with van der Waals surface area (Å²) in [7, 11) is 3.36. The number of methoxy groups -OCH3 is 2. The van der Waals surface area contributed by atoms with Gasteiger partial charge < -0.3 is 14.4 Å². The van der Waals surface area contributed by atoms with Crippen molar-refractivity contribution in [2.24, 2.45) is 0 Å². The quantitative estimate of drug-likeness (QED) is 0.803. The minimum absolute atomic E-state index is 0.558. The minimum atomic E-state index is 0.558. The monoisotopic (exact) mass is 292 g/mol. The largest absolute Gasteiger partial charge is 0.493 e. The van der Waals surface area contributed by atoms with Crippen LogP contribution in [0.2, 0.25) is 0 Å². The Kier molecular flexibility index (Phi) is 5.88. The van der Waals surface area contributed by atoms with Crippen LogP contribution in [-0.4, -0.2) is 62.8 Å². The van der Waals surface area contributed by atoms with Crippen molar-refractivity contribution in [3.8, 4) is 11.5 Å². The molecule has 0 N–H and O–H groups in total. The van der Waals surface area contributed by atoms with Crippen LogP contribution in [0.3, 0.4) is 0 Å². The number of ether oxygens (including phenoxy) is 2. The van der Waals surface area contributed by atoms with Gasteiger partial charge in [-0.25, -0.2) is 0 Å². The molecule has 1 aromatic carbocycles. The fourth-order valence-corrected chi connectivity index (χ4v) is 3.00. The molecule has 1 aromatic rings. The predicted molar refractivity (Wildman–Crippen MR) is 86.4 cm³/mol. The van der Waals surface area contributed by atoms with Crippen LogP contribution in [0.25, 0.3) is 0 Å². The van der Waals surface area contributed by atoms with Gasteiger partial charge in [-0.15, -0.1) is 0 Å². The highest BCUT2D eigenvalue weighted by molar-refractivity contribution is 5.43. The fourth-order valence-electron chi connectivity index (χ4n) is 3.00. The third-order valence-corrected chi connectivity index (χ3v) is 4.46. The lowest BCUT2D eigenvalue weighted by molar-refractivity contribution is 0.106. The second kappa shape index (κ2) is 7.66. The maximum Gasteiger partial charge on any atom is 0.160 e. The van der Waals surface area contributed by atoms with E-state index in [0.717, 1.165) is 24.5 Å². The number of piperazine rings is 1. The molecule has 1 atom stereocenters. The number of nitrogens with zero attached hydrogens (tertiary/aromatic N) is 2. The van der Waals surface area contributed by atoms with Crippen LogP contribution in [0.4, 0.5) is 0 Å². The summed E-state index contributed by atoms with van der Waals surface area (Å²) in [6.45, 7) is 10.4. The van der Waals surface area contributed by atoms with E-state index in [0.29, 0.717) is 6.04 Å². The molecule has 0 unspecified atom stereocenters. The van der Waals surface area contributed by atoms with E-state index in [4.69, 9.17) is 9.47 Å². The molecule has 1 aliphatic rings. The Bertz CT molecular complexity index is 442. The average Bonchev–Trinajstić information content (AvgIpc) is 2.54. The van der Waals surface area contributed by atoms with E-state index in [2.05, 4.69) is 35.8 Å². The maximum atomic E-state index is 5.39. The molecular weight excluding hydrogens is 264 g/mol. The van der Waals surface area contributed by atoms with Gasteiger partial charge in [-0.05, 0) is 37.6 Å². The van der Waals surface area contributed by atoms with Gasteiger partial charge in [-0.1, -0.05) is 13.0 Å². The fraction of sp³-hybridized carbons (Fsp3) is 0.647. The summed E-state index contributed by atoms with van der Waals surface area (Å²) in [5, 5.41) is 0. The van der Waals surface area contributed by atoms with Crippen molar-refractivity contribution in [2.75, 3.05) is 46.9 Å². The van der Waals surface area contributed by atoms with E-state index in [1.54, 1.807) is 14.2 Å². The first kappa shape index (κ1) is 16.1. The number of benzene rings is 1. The van der Waals surface area contributed by atoms with Crippen LogP contribution in [-0.2, 0) is 6.42 Å². The highest BCUT2D eigenvalue weighted by Crippen LogP contribution is 2.28. The average molecular weight is 292 g/mol. The zero-order valence-electron chi connectivity index (χ0n) is 13.8. The van der Waals surface area contributed by atoms with Gasteiger partial charge in [0.25, 0.3) is 0 Å². The van der Waals surface area contributed by atoms with Gasteiger partial charge in [-0.2, -0.15) is 0 Å². The summed E-state index contributed by atoms with van der Waals surface area (Å²) in [5.41, 5.74) is 1.30. The third-order valence-electron chi connectivity index (χ3n) is 4.46. The number of rotatable bonds is 6. The SMILES string of the molecule is CCN1CCN([C@@H](C)Cc2ccc(OC)c(OC)c2)CC1. The molecule has 21 heavy (non-hydrogen) atoms. The topological polar surface area (TPSA) is 24.9 Å². The molecule has 0 bridgehead atoms. The summed E-state index contributed by atoms with van der Waals surface area (Å²) in [6, 6.07) is 6.79. The molecule has 4 nitrogen and oxygen atoms in total. The molecule has 0 spiro atoms. The van der Waals surface area contributed by atoms with Crippen LogP contribution in [0, 0.1) is 0 Å². The molecule has 118 valence electrons. The Morgan fingerprint density at radius 3 is 2.29 bits per heavy atom. The summed E-state index contributed by atoms with van der Waals surface area (Å²) < 4.78 is 10.7. The van der Waals surface area contributed by atoms with Crippen molar-refractivity contribution >= 4 is 0 Å². The van der Waals surface area contributed by atoms with Crippen LogP contribution < -0.4 is 9.47 Å². The molecule has 1 aliphatic heterocycles. The van der Waals surface area contributed by atoms with Gasteiger partial charge >= 0.3 is 0 Å². The third kappa shape index (κ3) is 4.11. The Labute approximate surface area is 128 Å². The molecular formula is C17H28N2O2. The van der Waals surface area contributed by atoms with Crippen LogP contribution >= 0.6 is 0 Å². The van der Waals surface area contributed by atoms with Crippen molar-refractivity contribution in [1.82, 2.24) is 9.80 Å². The zero-order chi connectivity index (χ0) is 15.2. The van der Waals surface area contributed by atoms with Crippen LogP contribution in [0.1, 0.15) is 19.4 Å².